The van der Waals surface area contributed by atoms with Crippen LogP contribution in [0.4, 0.5) is 5.69 Å². The van der Waals surface area contributed by atoms with Gasteiger partial charge < -0.3 is 4.74 Å². The Balaban J connectivity index is 2.38. The highest BCUT2D eigenvalue weighted by molar-refractivity contribution is 9.11. The van der Waals surface area contributed by atoms with Crippen LogP contribution in [0.1, 0.15) is 17.3 Å². The second-order valence-electron chi connectivity index (χ2n) is 4.18. The van der Waals surface area contributed by atoms with E-state index in [9.17, 15) is 14.9 Å². The molecule has 108 valence electrons. The molecule has 21 heavy (non-hydrogen) atoms. The highest BCUT2D eigenvalue weighted by Gasteiger charge is 2.16. The molecule has 2 rings (SSSR count). The van der Waals surface area contributed by atoms with Gasteiger partial charge in [0.2, 0.25) is 0 Å². The Morgan fingerprint density at radius 3 is 2.33 bits per heavy atom. The lowest BCUT2D eigenvalue weighted by Crippen LogP contribution is -1.94. The standard InChI is InChI=1S/C14H9Br2NO4/c1-8(18)9-3-2-4-11(5-9)21-14-12(15)6-10(17(19)20)7-13(14)16/h2-7H,1H3. The van der Waals surface area contributed by atoms with Gasteiger partial charge in [0, 0.05) is 17.7 Å². The van der Waals surface area contributed by atoms with E-state index in [0.717, 1.165) is 0 Å². The van der Waals surface area contributed by atoms with Crippen molar-refractivity contribution in [3.05, 3.63) is 61.0 Å². The van der Waals surface area contributed by atoms with Crippen LogP contribution in [0, 0.1) is 10.1 Å². The van der Waals surface area contributed by atoms with Crippen LogP contribution in [-0.2, 0) is 0 Å². The van der Waals surface area contributed by atoms with Crippen molar-refractivity contribution in [2.24, 2.45) is 0 Å². The van der Waals surface area contributed by atoms with Crippen molar-refractivity contribution in [3.8, 4) is 11.5 Å². The van der Waals surface area contributed by atoms with Crippen LogP contribution >= 0.6 is 31.9 Å². The van der Waals surface area contributed by atoms with E-state index in [1.807, 2.05) is 0 Å². The summed E-state index contributed by atoms with van der Waals surface area (Å²) in [6.07, 6.45) is 0. The molecule has 0 spiro atoms. The molecule has 0 bridgehead atoms. The van der Waals surface area contributed by atoms with Gasteiger partial charge in [0.1, 0.15) is 5.75 Å². The van der Waals surface area contributed by atoms with E-state index in [1.54, 1.807) is 24.3 Å². The molecule has 0 radical (unpaired) electrons. The van der Waals surface area contributed by atoms with E-state index in [2.05, 4.69) is 31.9 Å². The molecule has 5 nitrogen and oxygen atoms in total. The number of benzene rings is 2. The number of rotatable bonds is 4. The molecule has 0 aliphatic carbocycles. The number of non-ortho nitro benzene ring substituents is 1. The van der Waals surface area contributed by atoms with Gasteiger partial charge in [-0.3, -0.25) is 14.9 Å². The first-order valence-corrected chi connectivity index (χ1v) is 7.39. The van der Waals surface area contributed by atoms with Crippen molar-refractivity contribution in [1.29, 1.82) is 0 Å². The summed E-state index contributed by atoms with van der Waals surface area (Å²) in [5.74, 6) is 0.807. The van der Waals surface area contributed by atoms with Crippen LogP contribution < -0.4 is 4.74 Å². The monoisotopic (exact) mass is 413 g/mol. The number of Topliss-reactive ketones (excluding diaryl/α,β-unsaturated/α-hetero) is 1. The number of nitro benzene ring substituents is 1. The SMILES string of the molecule is CC(=O)c1cccc(Oc2c(Br)cc([N+](=O)[O-])cc2Br)c1. The average Bonchev–Trinajstić information content (AvgIpc) is 2.42. The van der Waals surface area contributed by atoms with Crippen LogP contribution in [0.25, 0.3) is 0 Å². The number of nitrogens with zero attached hydrogens (tertiary/aromatic N) is 1. The highest BCUT2D eigenvalue weighted by Crippen LogP contribution is 2.39. The fourth-order valence-electron chi connectivity index (χ4n) is 1.65. The lowest BCUT2D eigenvalue weighted by atomic mass is 10.1. The topological polar surface area (TPSA) is 69.4 Å². The molecule has 0 aromatic heterocycles. The van der Waals surface area contributed by atoms with Crippen LogP contribution in [-0.4, -0.2) is 10.7 Å². The van der Waals surface area contributed by atoms with Crippen LogP contribution in [0.5, 0.6) is 11.5 Å². The van der Waals surface area contributed by atoms with Gasteiger partial charge >= 0.3 is 0 Å². The lowest BCUT2D eigenvalue weighted by Gasteiger charge is -2.10. The molecular formula is C14H9Br2NO4. The third-order valence-corrected chi connectivity index (χ3v) is 3.83. The number of carbonyl (C=O) groups excluding carboxylic acids is 1. The normalized spacial score (nSPS) is 10.2. The Bertz CT molecular complexity index is 708. The maximum atomic E-state index is 11.4. The van der Waals surface area contributed by atoms with E-state index in [4.69, 9.17) is 4.74 Å². The predicted molar refractivity (Wildman–Crippen MR) is 85.0 cm³/mol. The number of hydrogen-bond acceptors (Lipinski definition) is 4. The molecule has 0 saturated carbocycles. The first kappa shape index (κ1) is 15.7. The van der Waals surface area contributed by atoms with E-state index >= 15 is 0 Å². The smallest absolute Gasteiger partial charge is 0.271 e. The number of hydrogen-bond donors (Lipinski definition) is 0. The van der Waals surface area contributed by atoms with Crippen molar-refractivity contribution in [3.63, 3.8) is 0 Å². The Morgan fingerprint density at radius 2 is 1.81 bits per heavy atom. The second-order valence-corrected chi connectivity index (χ2v) is 5.89. The van der Waals surface area contributed by atoms with Crippen molar-refractivity contribution in [2.75, 3.05) is 0 Å². The average molecular weight is 415 g/mol. The minimum Gasteiger partial charge on any atom is -0.455 e. The van der Waals surface area contributed by atoms with E-state index in [0.29, 0.717) is 26.0 Å². The molecule has 0 saturated heterocycles. The van der Waals surface area contributed by atoms with Gasteiger partial charge in [-0.05, 0) is 50.9 Å². The summed E-state index contributed by atoms with van der Waals surface area (Å²) in [6.45, 7) is 1.47. The Labute approximate surface area is 137 Å². The fraction of sp³-hybridized carbons (Fsp3) is 0.0714. The van der Waals surface area contributed by atoms with Crippen molar-refractivity contribution >= 4 is 43.3 Å². The molecule has 0 fully saturated rings. The zero-order valence-corrected chi connectivity index (χ0v) is 14.0. The van der Waals surface area contributed by atoms with Gasteiger partial charge in [-0.25, -0.2) is 0 Å². The third-order valence-electron chi connectivity index (χ3n) is 2.65. The third kappa shape index (κ3) is 3.68. The van der Waals surface area contributed by atoms with Gasteiger partial charge in [-0.1, -0.05) is 12.1 Å². The predicted octanol–water partition coefficient (Wildman–Crippen LogP) is 5.11. The molecule has 7 heteroatoms. The molecule has 0 aliphatic heterocycles. The molecule has 2 aromatic rings. The molecule has 2 aromatic carbocycles. The minimum absolute atomic E-state index is 0.0569. The lowest BCUT2D eigenvalue weighted by molar-refractivity contribution is -0.385. The van der Waals surface area contributed by atoms with Gasteiger partial charge in [0.25, 0.3) is 5.69 Å². The van der Waals surface area contributed by atoms with Crippen molar-refractivity contribution in [2.45, 2.75) is 6.92 Å². The van der Waals surface area contributed by atoms with Crippen molar-refractivity contribution < 1.29 is 14.5 Å². The summed E-state index contributed by atoms with van der Waals surface area (Å²) in [4.78, 5) is 21.6. The van der Waals surface area contributed by atoms with Gasteiger partial charge in [0.05, 0.1) is 13.9 Å². The summed E-state index contributed by atoms with van der Waals surface area (Å²) in [6, 6.07) is 9.42. The van der Waals surface area contributed by atoms with E-state index in [-0.39, 0.29) is 11.5 Å². The highest BCUT2D eigenvalue weighted by atomic mass is 79.9. The summed E-state index contributed by atoms with van der Waals surface area (Å²) >= 11 is 6.49. The molecule has 0 heterocycles. The molecule has 0 N–H and O–H groups in total. The van der Waals surface area contributed by atoms with Gasteiger partial charge in [-0.2, -0.15) is 0 Å². The quantitative estimate of drug-likeness (QED) is 0.395. The molecular weight excluding hydrogens is 406 g/mol. The summed E-state index contributed by atoms with van der Waals surface area (Å²) in [7, 11) is 0. The molecule has 0 unspecified atom stereocenters. The summed E-state index contributed by atoms with van der Waals surface area (Å²) in [5, 5.41) is 10.8. The van der Waals surface area contributed by atoms with Gasteiger partial charge in [0.15, 0.2) is 11.5 Å². The molecule has 0 atom stereocenters. The number of carbonyl (C=O) groups is 1. The van der Waals surface area contributed by atoms with E-state index < -0.39 is 4.92 Å². The molecule has 0 aliphatic rings. The zero-order chi connectivity index (χ0) is 15.6. The number of ketones is 1. The molecule has 0 amide bonds. The first-order chi connectivity index (χ1) is 9.88. The Morgan fingerprint density at radius 1 is 1.19 bits per heavy atom. The maximum Gasteiger partial charge on any atom is 0.271 e. The number of halogens is 2. The van der Waals surface area contributed by atoms with Crippen LogP contribution in [0.3, 0.4) is 0 Å². The fourth-order valence-corrected chi connectivity index (χ4v) is 2.97. The zero-order valence-electron chi connectivity index (χ0n) is 10.8. The van der Waals surface area contributed by atoms with Gasteiger partial charge in [-0.15, -0.1) is 0 Å². The first-order valence-electron chi connectivity index (χ1n) is 5.81. The minimum atomic E-state index is -0.490. The Hall–Kier alpha value is -1.73. The van der Waals surface area contributed by atoms with E-state index in [1.165, 1.54) is 19.1 Å². The van der Waals surface area contributed by atoms with Crippen LogP contribution in [0.2, 0.25) is 0 Å². The number of ether oxygens (including phenoxy) is 1. The largest absolute Gasteiger partial charge is 0.455 e. The second kappa shape index (κ2) is 6.36. The van der Waals surface area contributed by atoms with Crippen LogP contribution in [0.15, 0.2) is 45.3 Å². The summed E-state index contributed by atoms with van der Waals surface area (Å²) < 4.78 is 6.58. The number of nitro groups is 1. The van der Waals surface area contributed by atoms with Crippen molar-refractivity contribution in [1.82, 2.24) is 0 Å². The summed E-state index contributed by atoms with van der Waals surface area (Å²) in [5.41, 5.74) is 0.472. The Kier molecular flexibility index (Phi) is 4.74. The maximum absolute atomic E-state index is 11.4.